The molecule has 0 spiro atoms. The van der Waals surface area contributed by atoms with Crippen LogP contribution in [0.3, 0.4) is 0 Å². The van der Waals surface area contributed by atoms with Crippen molar-refractivity contribution < 1.29 is 14.0 Å². The molecule has 1 aromatic carbocycles. The number of morpholine rings is 1. The zero-order valence-electron chi connectivity index (χ0n) is 15.7. The van der Waals surface area contributed by atoms with Crippen LogP contribution >= 0.6 is 0 Å². The van der Waals surface area contributed by atoms with Gasteiger partial charge in [-0.2, -0.15) is 0 Å². The van der Waals surface area contributed by atoms with Gasteiger partial charge in [0, 0.05) is 12.6 Å². The number of nitrogens with zero attached hydrogens (tertiary/aromatic N) is 1. The summed E-state index contributed by atoms with van der Waals surface area (Å²) in [6.45, 7) is 10.9. The van der Waals surface area contributed by atoms with Crippen molar-refractivity contribution in [3.05, 3.63) is 47.4 Å². The molecule has 134 valence electrons. The fourth-order valence-electron chi connectivity index (χ4n) is 3.90. The summed E-state index contributed by atoms with van der Waals surface area (Å²) in [4.78, 5) is 2.56. The Morgan fingerprint density at radius 3 is 2.36 bits per heavy atom. The Labute approximate surface area is 151 Å². The van der Waals surface area contributed by atoms with Crippen LogP contribution in [0.5, 0.6) is 0 Å². The van der Waals surface area contributed by atoms with E-state index in [2.05, 4.69) is 69.0 Å². The van der Waals surface area contributed by atoms with Gasteiger partial charge in [0.1, 0.15) is 0 Å². The van der Waals surface area contributed by atoms with Gasteiger partial charge in [0.2, 0.25) is 0 Å². The Kier molecular flexibility index (Phi) is 4.31. The standard InChI is InChI=1S/C20H28BNO3/c1-19(2)20(3,4)25-21(24-19)16-10-17-13-23-14-18(11-16)22(17)12-15-8-6-5-7-9-15/h5-10,17-18H,11-14H2,1-4H3. The Bertz CT molecular complexity index is 642. The molecule has 5 heteroatoms. The molecule has 2 bridgehead atoms. The van der Waals surface area contributed by atoms with Crippen LogP contribution in [0.15, 0.2) is 41.9 Å². The van der Waals surface area contributed by atoms with Gasteiger partial charge in [-0.25, -0.2) is 0 Å². The lowest BCUT2D eigenvalue weighted by molar-refractivity contribution is -0.0432. The van der Waals surface area contributed by atoms with E-state index in [4.69, 9.17) is 14.0 Å². The van der Waals surface area contributed by atoms with E-state index in [1.54, 1.807) is 0 Å². The topological polar surface area (TPSA) is 30.9 Å². The highest BCUT2D eigenvalue weighted by molar-refractivity contribution is 6.54. The van der Waals surface area contributed by atoms with E-state index in [0.29, 0.717) is 12.1 Å². The molecule has 2 saturated heterocycles. The van der Waals surface area contributed by atoms with Crippen LogP contribution in [-0.2, 0) is 20.6 Å². The van der Waals surface area contributed by atoms with E-state index in [-0.39, 0.29) is 18.3 Å². The fourth-order valence-corrected chi connectivity index (χ4v) is 3.90. The Hall–Kier alpha value is -1.14. The normalized spacial score (nSPS) is 31.0. The highest BCUT2D eigenvalue weighted by Crippen LogP contribution is 2.41. The second-order valence-corrected chi connectivity index (χ2v) is 8.45. The van der Waals surface area contributed by atoms with Gasteiger partial charge in [-0.1, -0.05) is 36.4 Å². The monoisotopic (exact) mass is 341 g/mol. The molecular formula is C20H28BNO3. The summed E-state index contributed by atoms with van der Waals surface area (Å²) in [5, 5.41) is 0. The first kappa shape index (κ1) is 17.3. The van der Waals surface area contributed by atoms with Crippen molar-refractivity contribution in [1.82, 2.24) is 4.90 Å². The summed E-state index contributed by atoms with van der Waals surface area (Å²) >= 11 is 0. The van der Waals surface area contributed by atoms with Crippen molar-refractivity contribution in [2.24, 2.45) is 0 Å². The van der Waals surface area contributed by atoms with Crippen molar-refractivity contribution in [3.63, 3.8) is 0 Å². The molecule has 0 saturated carbocycles. The molecule has 1 aromatic rings. The van der Waals surface area contributed by atoms with Gasteiger partial charge >= 0.3 is 7.12 Å². The molecule has 2 unspecified atom stereocenters. The van der Waals surface area contributed by atoms with Gasteiger partial charge in [0.15, 0.2) is 0 Å². The molecule has 3 aliphatic rings. The molecule has 2 atom stereocenters. The molecule has 0 radical (unpaired) electrons. The zero-order valence-corrected chi connectivity index (χ0v) is 15.7. The van der Waals surface area contributed by atoms with Crippen LogP contribution in [0.4, 0.5) is 0 Å². The summed E-state index contributed by atoms with van der Waals surface area (Å²) in [5.74, 6) is 0. The van der Waals surface area contributed by atoms with Crippen molar-refractivity contribution in [2.75, 3.05) is 13.2 Å². The van der Waals surface area contributed by atoms with Crippen molar-refractivity contribution >= 4 is 7.12 Å². The first-order chi connectivity index (χ1) is 11.9. The Balaban J connectivity index is 1.54. The molecule has 3 heterocycles. The van der Waals surface area contributed by atoms with Crippen LogP contribution in [-0.4, -0.2) is 48.5 Å². The maximum atomic E-state index is 6.27. The molecule has 4 rings (SSSR count). The van der Waals surface area contributed by atoms with E-state index in [0.717, 1.165) is 26.2 Å². The lowest BCUT2D eigenvalue weighted by atomic mass is 9.71. The summed E-state index contributed by atoms with van der Waals surface area (Å²) in [6, 6.07) is 11.4. The highest BCUT2D eigenvalue weighted by atomic mass is 16.7. The second-order valence-electron chi connectivity index (χ2n) is 8.45. The predicted molar refractivity (Wildman–Crippen MR) is 99.2 cm³/mol. The van der Waals surface area contributed by atoms with E-state index in [1.165, 1.54) is 11.0 Å². The first-order valence-corrected chi connectivity index (χ1v) is 9.29. The third-order valence-corrected chi connectivity index (χ3v) is 6.14. The van der Waals surface area contributed by atoms with E-state index >= 15 is 0 Å². The minimum atomic E-state index is -0.286. The van der Waals surface area contributed by atoms with Gasteiger partial charge in [-0.15, -0.1) is 0 Å². The highest BCUT2D eigenvalue weighted by Gasteiger charge is 2.53. The first-order valence-electron chi connectivity index (χ1n) is 9.29. The van der Waals surface area contributed by atoms with Gasteiger partial charge in [0.05, 0.1) is 30.5 Å². The average molecular weight is 341 g/mol. The molecule has 0 aliphatic carbocycles. The van der Waals surface area contributed by atoms with Crippen LogP contribution in [0.25, 0.3) is 0 Å². The summed E-state index contributed by atoms with van der Waals surface area (Å²) in [6.07, 6.45) is 3.26. The summed E-state index contributed by atoms with van der Waals surface area (Å²) in [5.41, 5.74) is 2.06. The molecular weight excluding hydrogens is 313 g/mol. The third kappa shape index (κ3) is 3.19. The number of fused-ring (bicyclic) bond motifs is 2. The molecule has 2 fully saturated rings. The lowest BCUT2D eigenvalue weighted by Crippen LogP contribution is -2.54. The molecule has 4 nitrogen and oxygen atoms in total. The minimum Gasteiger partial charge on any atom is -0.400 e. The minimum absolute atomic E-state index is 0.230. The van der Waals surface area contributed by atoms with E-state index in [1.807, 2.05) is 0 Å². The van der Waals surface area contributed by atoms with Crippen LogP contribution in [0.2, 0.25) is 0 Å². The van der Waals surface area contributed by atoms with Gasteiger partial charge < -0.3 is 14.0 Å². The van der Waals surface area contributed by atoms with Gasteiger partial charge in [-0.05, 0) is 45.2 Å². The molecule has 0 N–H and O–H groups in total. The summed E-state index contributed by atoms with van der Waals surface area (Å²) < 4.78 is 18.4. The summed E-state index contributed by atoms with van der Waals surface area (Å²) in [7, 11) is -0.230. The second kappa shape index (κ2) is 6.24. The number of hydrogen-bond acceptors (Lipinski definition) is 4. The van der Waals surface area contributed by atoms with Gasteiger partial charge in [0.25, 0.3) is 0 Å². The molecule has 0 amide bonds. The largest absolute Gasteiger partial charge is 0.490 e. The maximum Gasteiger partial charge on any atom is 0.490 e. The molecule has 3 aliphatic heterocycles. The van der Waals surface area contributed by atoms with Crippen molar-refractivity contribution in [1.29, 1.82) is 0 Å². The smallest absolute Gasteiger partial charge is 0.400 e. The quantitative estimate of drug-likeness (QED) is 0.790. The number of hydrogen-bond donors (Lipinski definition) is 0. The number of benzene rings is 1. The number of rotatable bonds is 3. The third-order valence-electron chi connectivity index (χ3n) is 6.14. The lowest BCUT2D eigenvalue weighted by Gasteiger charge is -2.45. The average Bonchev–Trinajstić information content (AvgIpc) is 2.76. The predicted octanol–water partition coefficient (Wildman–Crippen LogP) is 3.22. The van der Waals surface area contributed by atoms with Gasteiger partial charge in [-0.3, -0.25) is 4.90 Å². The molecule has 25 heavy (non-hydrogen) atoms. The van der Waals surface area contributed by atoms with E-state index < -0.39 is 0 Å². The number of ether oxygens (including phenoxy) is 1. The maximum absolute atomic E-state index is 6.27. The van der Waals surface area contributed by atoms with Crippen LogP contribution in [0.1, 0.15) is 39.7 Å². The van der Waals surface area contributed by atoms with Crippen molar-refractivity contribution in [2.45, 2.75) is 63.9 Å². The van der Waals surface area contributed by atoms with Crippen LogP contribution in [0, 0.1) is 0 Å². The SMILES string of the molecule is CC1(C)OB(C2=CC3COCC(C2)N3Cc2ccccc2)OC1(C)C. The Morgan fingerprint density at radius 1 is 1.04 bits per heavy atom. The molecule has 0 aromatic heterocycles. The zero-order chi connectivity index (χ0) is 17.7. The van der Waals surface area contributed by atoms with E-state index in [9.17, 15) is 0 Å². The Morgan fingerprint density at radius 2 is 1.72 bits per heavy atom. The van der Waals surface area contributed by atoms with Crippen LogP contribution < -0.4 is 0 Å². The van der Waals surface area contributed by atoms with Crippen molar-refractivity contribution in [3.8, 4) is 0 Å². The fraction of sp³-hybridized carbons (Fsp3) is 0.600.